The average Bonchev–Trinajstić information content (AvgIpc) is 2.89. The summed E-state index contributed by atoms with van der Waals surface area (Å²) in [4.78, 5) is 32.3. The largest absolute Gasteiger partial charge is 0.437 e. The van der Waals surface area contributed by atoms with Gasteiger partial charge >= 0.3 is 0 Å². The van der Waals surface area contributed by atoms with E-state index in [1.807, 2.05) is 17.0 Å². The zero-order valence-electron chi connectivity index (χ0n) is 18.8. The van der Waals surface area contributed by atoms with E-state index in [0.717, 1.165) is 18.5 Å². The number of amides is 1. The molecule has 0 spiro atoms. The van der Waals surface area contributed by atoms with Crippen LogP contribution in [0, 0.1) is 5.82 Å². The highest BCUT2D eigenvalue weighted by molar-refractivity contribution is 5.95. The fourth-order valence-corrected chi connectivity index (χ4v) is 4.13. The average molecular weight is 471 g/mol. The highest BCUT2D eigenvalue weighted by Crippen LogP contribution is 2.33. The lowest BCUT2D eigenvalue weighted by Gasteiger charge is -2.33. The highest BCUT2D eigenvalue weighted by Gasteiger charge is 2.29. The molecule has 1 atom stereocenters. The van der Waals surface area contributed by atoms with E-state index < -0.39 is 5.82 Å². The number of benzene rings is 2. The van der Waals surface area contributed by atoms with Crippen LogP contribution in [0.4, 0.5) is 16.0 Å². The number of ether oxygens (including phenoxy) is 1. The van der Waals surface area contributed by atoms with Crippen molar-refractivity contribution in [3.05, 3.63) is 96.5 Å². The van der Waals surface area contributed by atoms with E-state index in [2.05, 4.69) is 25.3 Å². The van der Waals surface area contributed by atoms with E-state index >= 15 is 0 Å². The molecule has 1 aliphatic heterocycles. The number of likely N-dealkylation sites (tertiary alicyclic amines) is 1. The van der Waals surface area contributed by atoms with Gasteiger partial charge in [-0.1, -0.05) is 12.1 Å². The first-order chi connectivity index (χ1) is 17.2. The summed E-state index contributed by atoms with van der Waals surface area (Å²) in [5, 5.41) is 3.12. The Bertz CT molecular complexity index is 1320. The fourth-order valence-electron chi connectivity index (χ4n) is 4.13. The Labute approximate surface area is 201 Å². The minimum absolute atomic E-state index is 0.0519. The van der Waals surface area contributed by atoms with Crippen LogP contribution in [0.25, 0.3) is 0 Å². The molecule has 5 rings (SSSR count). The molecule has 0 radical (unpaired) electrons. The molecule has 35 heavy (non-hydrogen) atoms. The van der Waals surface area contributed by atoms with E-state index in [0.29, 0.717) is 41.9 Å². The van der Waals surface area contributed by atoms with Crippen LogP contribution in [0.15, 0.2) is 79.4 Å². The Morgan fingerprint density at radius 1 is 0.971 bits per heavy atom. The third kappa shape index (κ3) is 5.40. The van der Waals surface area contributed by atoms with Crippen molar-refractivity contribution in [2.75, 3.05) is 18.4 Å². The van der Waals surface area contributed by atoms with Crippen molar-refractivity contribution in [3.8, 4) is 11.6 Å². The summed E-state index contributed by atoms with van der Waals surface area (Å²) in [6, 6.07) is 14.9. The lowest BCUT2D eigenvalue weighted by Crippen LogP contribution is -2.39. The molecule has 1 aliphatic rings. The van der Waals surface area contributed by atoms with Gasteiger partial charge in [-0.2, -0.15) is 0 Å². The normalized spacial score (nSPS) is 15.5. The monoisotopic (exact) mass is 470 g/mol. The van der Waals surface area contributed by atoms with Gasteiger partial charge in [0.15, 0.2) is 0 Å². The summed E-state index contributed by atoms with van der Waals surface area (Å²) in [5.74, 6) is 0.628. The maximum absolute atomic E-state index is 13.6. The van der Waals surface area contributed by atoms with Gasteiger partial charge in [0, 0.05) is 61.1 Å². The molecule has 0 aliphatic carbocycles. The molecule has 3 heterocycles. The number of halogens is 1. The Kier molecular flexibility index (Phi) is 6.56. The highest BCUT2D eigenvalue weighted by atomic mass is 19.1. The molecule has 9 heteroatoms. The van der Waals surface area contributed by atoms with Crippen LogP contribution in [0.3, 0.4) is 0 Å². The Balaban J connectivity index is 1.32. The Morgan fingerprint density at radius 2 is 1.80 bits per heavy atom. The molecule has 176 valence electrons. The minimum Gasteiger partial charge on any atom is -0.437 e. The number of carbonyl (C=O) groups excluding carboxylic acids is 1. The van der Waals surface area contributed by atoms with E-state index in [-0.39, 0.29) is 11.8 Å². The number of nitrogens with zero attached hydrogens (tertiary/aromatic N) is 5. The summed E-state index contributed by atoms with van der Waals surface area (Å²) in [5.41, 5.74) is 1.96. The molecule has 1 amide bonds. The standard InChI is InChI=1S/C26H23FN6O2/c27-20-7-2-9-22(16-20)35-24-23(28-12-13-29-24)19-6-3-14-33(17-19)25(34)18-5-1-8-21(15-18)32-26-30-10-4-11-31-26/h1-2,4-5,7-13,15-16,19H,3,6,14,17H2,(H,30,31,32)/t19-/m0/s1. The van der Waals surface area contributed by atoms with Gasteiger partial charge < -0.3 is 15.0 Å². The first-order valence-electron chi connectivity index (χ1n) is 11.3. The van der Waals surface area contributed by atoms with Crippen molar-refractivity contribution < 1.29 is 13.9 Å². The molecule has 2 aromatic carbocycles. The van der Waals surface area contributed by atoms with Crippen LogP contribution in [-0.2, 0) is 0 Å². The van der Waals surface area contributed by atoms with Crippen molar-refractivity contribution in [1.29, 1.82) is 0 Å². The molecular weight excluding hydrogens is 447 g/mol. The molecule has 1 N–H and O–H groups in total. The second-order valence-corrected chi connectivity index (χ2v) is 8.17. The molecular formula is C26H23FN6O2. The van der Waals surface area contributed by atoms with Gasteiger partial charge in [0.1, 0.15) is 17.3 Å². The lowest BCUT2D eigenvalue weighted by molar-refractivity contribution is 0.0705. The van der Waals surface area contributed by atoms with Crippen molar-refractivity contribution in [1.82, 2.24) is 24.8 Å². The molecule has 0 saturated carbocycles. The lowest BCUT2D eigenvalue weighted by atomic mass is 9.94. The van der Waals surface area contributed by atoms with Crippen molar-refractivity contribution in [2.45, 2.75) is 18.8 Å². The smallest absolute Gasteiger partial charge is 0.253 e. The topological polar surface area (TPSA) is 93.1 Å². The fraction of sp³-hybridized carbons (Fsp3) is 0.192. The predicted octanol–water partition coefficient (Wildman–Crippen LogP) is 4.96. The number of hydrogen-bond donors (Lipinski definition) is 1. The molecule has 1 fully saturated rings. The maximum atomic E-state index is 13.6. The number of aromatic nitrogens is 4. The second-order valence-electron chi connectivity index (χ2n) is 8.17. The van der Waals surface area contributed by atoms with Crippen molar-refractivity contribution >= 4 is 17.5 Å². The van der Waals surface area contributed by atoms with Gasteiger partial charge in [0.05, 0.1) is 0 Å². The molecule has 0 unspecified atom stereocenters. The summed E-state index contributed by atoms with van der Waals surface area (Å²) in [7, 11) is 0. The van der Waals surface area contributed by atoms with Gasteiger partial charge in [-0.05, 0) is 49.2 Å². The first kappa shape index (κ1) is 22.4. The third-order valence-electron chi connectivity index (χ3n) is 5.73. The van der Waals surface area contributed by atoms with Crippen LogP contribution in [0.1, 0.15) is 34.8 Å². The zero-order chi connectivity index (χ0) is 24.0. The summed E-state index contributed by atoms with van der Waals surface area (Å²) < 4.78 is 19.5. The van der Waals surface area contributed by atoms with Crippen LogP contribution in [0.5, 0.6) is 11.6 Å². The summed E-state index contributed by atoms with van der Waals surface area (Å²) >= 11 is 0. The molecule has 2 aromatic heterocycles. The summed E-state index contributed by atoms with van der Waals surface area (Å²) in [6.07, 6.45) is 8.11. The number of hydrogen-bond acceptors (Lipinski definition) is 7. The molecule has 8 nitrogen and oxygen atoms in total. The molecule has 4 aromatic rings. The zero-order valence-corrected chi connectivity index (χ0v) is 18.8. The third-order valence-corrected chi connectivity index (χ3v) is 5.73. The van der Waals surface area contributed by atoms with Crippen LogP contribution >= 0.6 is 0 Å². The molecule has 0 bridgehead atoms. The van der Waals surface area contributed by atoms with E-state index in [4.69, 9.17) is 4.74 Å². The van der Waals surface area contributed by atoms with Gasteiger partial charge in [0.25, 0.3) is 5.91 Å². The summed E-state index contributed by atoms with van der Waals surface area (Å²) in [6.45, 7) is 1.13. The van der Waals surface area contributed by atoms with Crippen LogP contribution in [-0.4, -0.2) is 43.8 Å². The number of piperidine rings is 1. The maximum Gasteiger partial charge on any atom is 0.253 e. The Hall–Kier alpha value is -4.40. The second kappa shape index (κ2) is 10.3. The Morgan fingerprint density at radius 3 is 2.66 bits per heavy atom. The van der Waals surface area contributed by atoms with Crippen molar-refractivity contribution in [3.63, 3.8) is 0 Å². The van der Waals surface area contributed by atoms with E-state index in [1.54, 1.807) is 55.1 Å². The number of anilines is 2. The van der Waals surface area contributed by atoms with Crippen LogP contribution in [0.2, 0.25) is 0 Å². The van der Waals surface area contributed by atoms with Gasteiger partial charge in [-0.15, -0.1) is 0 Å². The van der Waals surface area contributed by atoms with E-state index in [9.17, 15) is 9.18 Å². The van der Waals surface area contributed by atoms with Gasteiger partial charge in [-0.25, -0.2) is 19.3 Å². The van der Waals surface area contributed by atoms with E-state index in [1.165, 1.54) is 12.1 Å². The van der Waals surface area contributed by atoms with Crippen molar-refractivity contribution in [2.24, 2.45) is 0 Å². The number of carbonyl (C=O) groups is 1. The molecule has 1 saturated heterocycles. The predicted molar refractivity (Wildman–Crippen MR) is 128 cm³/mol. The SMILES string of the molecule is O=C(c1cccc(Nc2ncccn2)c1)N1CCC[C@H](c2nccnc2Oc2cccc(F)c2)C1. The minimum atomic E-state index is -0.391. The van der Waals surface area contributed by atoms with Crippen LogP contribution < -0.4 is 10.1 Å². The quantitative estimate of drug-likeness (QED) is 0.426. The first-order valence-corrected chi connectivity index (χ1v) is 11.3. The number of nitrogens with one attached hydrogen (secondary N) is 1. The number of rotatable bonds is 6. The van der Waals surface area contributed by atoms with Gasteiger partial charge in [0.2, 0.25) is 11.8 Å². The van der Waals surface area contributed by atoms with Gasteiger partial charge in [-0.3, -0.25) is 9.78 Å².